The lowest BCUT2D eigenvalue weighted by Crippen LogP contribution is -2.27. The highest BCUT2D eigenvalue weighted by atomic mass is 16.6. The molecule has 0 bridgehead atoms. The number of aryl methyl sites for hydroxylation is 1. The first-order valence-electron chi connectivity index (χ1n) is 8.60. The van der Waals surface area contributed by atoms with Crippen LogP contribution in [0.5, 0.6) is 0 Å². The molecule has 0 unspecified atom stereocenters. The summed E-state index contributed by atoms with van der Waals surface area (Å²) in [7, 11) is 0. The molecule has 1 aliphatic heterocycles. The molecule has 146 valence electrons. The molecular weight excluding hydrogens is 368 g/mol. The van der Waals surface area contributed by atoms with Gasteiger partial charge in [0.15, 0.2) is 6.61 Å². The normalized spacial score (nSPS) is 16.2. The van der Waals surface area contributed by atoms with Crippen LogP contribution >= 0.6 is 0 Å². The number of furan rings is 1. The second kappa shape index (κ2) is 8.03. The van der Waals surface area contributed by atoms with Crippen LogP contribution in [0.1, 0.15) is 28.1 Å². The number of hydrogen-bond acceptors (Lipinski definition) is 7. The summed E-state index contributed by atoms with van der Waals surface area (Å²) in [6.45, 7) is 1.48. The largest absolute Gasteiger partial charge is 0.467 e. The van der Waals surface area contributed by atoms with Crippen molar-refractivity contribution >= 4 is 23.3 Å². The van der Waals surface area contributed by atoms with Gasteiger partial charge in [-0.2, -0.15) is 0 Å². The number of Topliss-reactive ketones (excluding diaryl/α,β-unsaturated/α-hetero) is 1. The topological polar surface area (TPSA) is 120 Å². The Balaban J connectivity index is 1.55. The Morgan fingerprint density at radius 2 is 2.14 bits per heavy atom. The predicted octanol–water partition coefficient (Wildman–Crippen LogP) is 2.27. The highest BCUT2D eigenvalue weighted by Gasteiger charge is 2.36. The number of likely N-dealkylation sites (tertiary alicyclic amines) is 1. The van der Waals surface area contributed by atoms with Gasteiger partial charge in [-0.1, -0.05) is 12.1 Å². The first-order valence-corrected chi connectivity index (χ1v) is 8.60. The van der Waals surface area contributed by atoms with E-state index in [0.29, 0.717) is 11.3 Å². The second-order valence-electron chi connectivity index (χ2n) is 6.54. The maximum Gasteiger partial charge on any atom is 0.311 e. The van der Waals surface area contributed by atoms with E-state index in [1.807, 2.05) is 0 Å². The first-order chi connectivity index (χ1) is 13.3. The van der Waals surface area contributed by atoms with Gasteiger partial charge in [-0.05, 0) is 19.1 Å². The molecule has 9 nitrogen and oxygen atoms in total. The number of ether oxygens (including phenoxy) is 1. The lowest BCUT2D eigenvalue weighted by atomic mass is 10.1. The van der Waals surface area contributed by atoms with Crippen LogP contribution in [-0.2, 0) is 20.9 Å². The molecule has 9 heteroatoms. The van der Waals surface area contributed by atoms with Crippen LogP contribution in [0.15, 0.2) is 41.0 Å². The van der Waals surface area contributed by atoms with Gasteiger partial charge in [-0.15, -0.1) is 0 Å². The van der Waals surface area contributed by atoms with Crippen molar-refractivity contribution in [2.75, 3.05) is 13.2 Å². The van der Waals surface area contributed by atoms with E-state index in [9.17, 15) is 24.5 Å². The number of esters is 1. The minimum absolute atomic E-state index is 0.00371. The molecule has 2 aromatic rings. The summed E-state index contributed by atoms with van der Waals surface area (Å²) >= 11 is 0. The molecule has 1 fully saturated rings. The zero-order valence-corrected chi connectivity index (χ0v) is 15.1. The van der Waals surface area contributed by atoms with Crippen molar-refractivity contribution in [3.05, 3.63) is 63.6 Å². The summed E-state index contributed by atoms with van der Waals surface area (Å²) in [6.07, 6.45) is 1.51. The lowest BCUT2D eigenvalue weighted by Gasteiger charge is -2.14. The van der Waals surface area contributed by atoms with Gasteiger partial charge in [0.05, 0.1) is 23.6 Å². The van der Waals surface area contributed by atoms with Crippen molar-refractivity contribution in [2.24, 2.45) is 5.92 Å². The molecule has 2 heterocycles. The molecule has 0 N–H and O–H groups in total. The summed E-state index contributed by atoms with van der Waals surface area (Å²) in [5, 5.41) is 11.0. The SMILES string of the molecule is Cc1ccc(C(=O)COC(=O)[C@@H]2CC(=O)N(Cc3ccco3)C2)cc1[N+](=O)[O-]. The summed E-state index contributed by atoms with van der Waals surface area (Å²) in [6, 6.07) is 7.52. The molecule has 0 radical (unpaired) electrons. The molecule has 1 aromatic carbocycles. The maximum atomic E-state index is 12.2. The first kappa shape index (κ1) is 19.3. The third-order valence-electron chi connectivity index (χ3n) is 4.55. The minimum Gasteiger partial charge on any atom is -0.467 e. The number of rotatable bonds is 7. The van der Waals surface area contributed by atoms with Crippen molar-refractivity contribution in [1.82, 2.24) is 4.90 Å². The number of carbonyl (C=O) groups excluding carboxylic acids is 3. The Bertz CT molecular complexity index is 920. The van der Waals surface area contributed by atoms with Crippen LogP contribution in [0.25, 0.3) is 0 Å². The molecule has 0 aliphatic carbocycles. The molecule has 1 aromatic heterocycles. The molecule has 0 saturated carbocycles. The monoisotopic (exact) mass is 386 g/mol. The van der Waals surface area contributed by atoms with E-state index in [4.69, 9.17) is 9.15 Å². The Labute approximate surface area is 160 Å². The Kier molecular flexibility index (Phi) is 5.53. The zero-order chi connectivity index (χ0) is 20.3. The Morgan fingerprint density at radius 1 is 1.36 bits per heavy atom. The standard InChI is InChI=1S/C19H18N2O7/c1-12-4-5-13(7-16(12)21(25)26)17(22)11-28-19(24)14-8-18(23)20(9-14)10-15-3-2-6-27-15/h2-7,14H,8-11H2,1H3/t14-/m1/s1. The van der Waals surface area contributed by atoms with E-state index in [1.165, 1.54) is 23.3 Å². The fraction of sp³-hybridized carbons (Fsp3) is 0.316. The van der Waals surface area contributed by atoms with Crippen molar-refractivity contribution < 1.29 is 28.5 Å². The van der Waals surface area contributed by atoms with E-state index in [-0.39, 0.29) is 36.7 Å². The number of nitro groups is 1. The molecule has 1 aliphatic rings. The average molecular weight is 386 g/mol. The maximum absolute atomic E-state index is 12.2. The van der Waals surface area contributed by atoms with Gasteiger partial charge in [0, 0.05) is 30.2 Å². The zero-order valence-electron chi connectivity index (χ0n) is 15.1. The summed E-state index contributed by atoms with van der Waals surface area (Å²) in [4.78, 5) is 48.4. The molecule has 1 atom stereocenters. The van der Waals surface area contributed by atoms with Crippen molar-refractivity contribution in [2.45, 2.75) is 19.9 Å². The minimum atomic E-state index is -0.664. The van der Waals surface area contributed by atoms with Gasteiger partial charge in [0.2, 0.25) is 11.7 Å². The fourth-order valence-electron chi connectivity index (χ4n) is 2.99. The Hall–Kier alpha value is -3.49. The lowest BCUT2D eigenvalue weighted by molar-refractivity contribution is -0.385. The molecule has 28 heavy (non-hydrogen) atoms. The molecule has 1 amide bonds. The number of nitro benzene ring substituents is 1. The number of carbonyl (C=O) groups is 3. The van der Waals surface area contributed by atoms with Crippen LogP contribution in [-0.4, -0.2) is 40.6 Å². The van der Waals surface area contributed by atoms with E-state index in [0.717, 1.165) is 6.07 Å². The number of nitrogens with zero attached hydrogens (tertiary/aromatic N) is 2. The third kappa shape index (κ3) is 4.25. The van der Waals surface area contributed by atoms with Crippen molar-refractivity contribution in [3.8, 4) is 0 Å². The summed E-state index contributed by atoms with van der Waals surface area (Å²) < 4.78 is 10.2. The van der Waals surface area contributed by atoms with Gasteiger partial charge >= 0.3 is 5.97 Å². The summed E-state index contributed by atoms with van der Waals surface area (Å²) in [5.41, 5.74) is 0.346. The van der Waals surface area contributed by atoms with Crippen molar-refractivity contribution in [1.29, 1.82) is 0 Å². The van der Waals surface area contributed by atoms with E-state index < -0.39 is 29.2 Å². The van der Waals surface area contributed by atoms with Gasteiger partial charge in [0.25, 0.3) is 5.69 Å². The quantitative estimate of drug-likeness (QED) is 0.310. The van der Waals surface area contributed by atoms with Gasteiger partial charge in [0.1, 0.15) is 5.76 Å². The van der Waals surface area contributed by atoms with Crippen molar-refractivity contribution in [3.63, 3.8) is 0 Å². The number of amides is 1. The number of ketones is 1. The molecule has 3 rings (SSSR count). The Morgan fingerprint density at radius 3 is 2.82 bits per heavy atom. The number of benzene rings is 1. The van der Waals surface area contributed by atoms with E-state index in [1.54, 1.807) is 19.1 Å². The van der Waals surface area contributed by atoms with Crippen LogP contribution in [0, 0.1) is 23.0 Å². The van der Waals surface area contributed by atoms with E-state index in [2.05, 4.69) is 0 Å². The van der Waals surface area contributed by atoms with Crippen LogP contribution in [0.2, 0.25) is 0 Å². The van der Waals surface area contributed by atoms with Gasteiger partial charge in [-0.3, -0.25) is 24.5 Å². The van der Waals surface area contributed by atoms with Crippen LogP contribution < -0.4 is 0 Å². The molecule has 0 spiro atoms. The van der Waals surface area contributed by atoms with Gasteiger partial charge < -0.3 is 14.1 Å². The average Bonchev–Trinajstić information content (AvgIpc) is 3.30. The highest BCUT2D eigenvalue weighted by Crippen LogP contribution is 2.22. The third-order valence-corrected chi connectivity index (χ3v) is 4.55. The molecule has 1 saturated heterocycles. The fourth-order valence-corrected chi connectivity index (χ4v) is 2.99. The highest BCUT2D eigenvalue weighted by molar-refractivity contribution is 5.99. The predicted molar refractivity (Wildman–Crippen MR) is 95.4 cm³/mol. The smallest absolute Gasteiger partial charge is 0.311 e. The van der Waals surface area contributed by atoms with Crippen LogP contribution in [0.3, 0.4) is 0 Å². The molecular formula is C19H18N2O7. The van der Waals surface area contributed by atoms with Crippen LogP contribution in [0.4, 0.5) is 5.69 Å². The summed E-state index contributed by atoms with van der Waals surface area (Å²) in [5.74, 6) is -1.45. The number of hydrogen-bond donors (Lipinski definition) is 0. The van der Waals surface area contributed by atoms with E-state index >= 15 is 0 Å². The second-order valence-corrected chi connectivity index (χ2v) is 6.54. The van der Waals surface area contributed by atoms with Gasteiger partial charge in [-0.25, -0.2) is 0 Å².